The molecule has 2 aliphatic rings. The Balaban J connectivity index is 1.57. The Kier molecular flexibility index (Phi) is 3.25. The highest BCUT2D eigenvalue weighted by atomic mass is 15.1. The number of benzene rings is 1. The van der Waals surface area contributed by atoms with E-state index in [1.807, 2.05) is 0 Å². The summed E-state index contributed by atoms with van der Waals surface area (Å²) in [5.41, 5.74) is 4.29. The number of para-hydroxylation sites is 1. The van der Waals surface area contributed by atoms with Gasteiger partial charge in [-0.1, -0.05) is 18.2 Å². The van der Waals surface area contributed by atoms with Crippen LogP contribution < -0.4 is 5.32 Å². The molecule has 3 heteroatoms. The summed E-state index contributed by atoms with van der Waals surface area (Å²) in [6, 6.07) is 9.24. The molecule has 0 aliphatic carbocycles. The average molecular weight is 269 g/mol. The number of aromatic amines is 1. The lowest BCUT2D eigenvalue weighted by Crippen LogP contribution is -2.33. The van der Waals surface area contributed by atoms with E-state index in [1.165, 1.54) is 55.5 Å². The monoisotopic (exact) mass is 269 g/mol. The van der Waals surface area contributed by atoms with Crippen LogP contribution in [0.1, 0.15) is 36.6 Å². The van der Waals surface area contributed by atoms with Crippen LogP contribution in [0.5, 0.6) is 0 Å². The molecule has 1 fully saturated rings. The minimum absolute atomic E-state index is 0.506. The Morgan fingerprint density at radius 2 is 2.00 bits per heavy atom. The fourth-order valence-electron chi connectivity index (χ4n) is 3.83. The van der Waals surface area contributed by atoms with Crippen LogP contribution in [-0.4, -0.2) is 36.1 Å². The second-order valence-electron chi connectivity index (χ2n) is 6.16. The van der Waals surface area contributed by atoms with Gasteiger partial charge in [-0.3, -0.25) is 0 Å². The predicted molar refractivity (Wildman–Crippen MR) is 83.0 cm³/mol. The summed E-state index contributed by atoms with van der Waals surface area (Å²) < 4.78 is 0. The van der Waals surface area contributed by atoms with Crippen molar-refractivity contribution in [2.75, 3.05) is 26.2 Å². The zero-order chi connectivity index (χ0) is 13.4. The second kappa shape index (κ2) is 5.23. The normalized spacial score (nSPS) is 23.3. The van der Waals surface area contributed by atoms with E-state index in [0.29, 0.717) is 6.04 Å². The molecule has 1 aromatic carbocycles. The summed E-state index contributed by atoms with van der Waals surface area (Å²) >= 11 is 0. The first-order valence-corrected chi connectivity index (χ1v) is 7.97. The van der Waals surface area contributed by atoms with Gasteiger partial charge >= 0.3 is 0 Å². The smallest absolute Gasteiger partial charge is 0.0488 e. The maximum atomic E-state index is 3.70. The van der Waals surface area contributed by atoms with Crippen molar-refractivity contribution in [3.05, 3.63) is 35.5 Å². The molecule has 2 aliphatic heterocycles. The van der Waals surface area contributed by atoms with E-state index in [1.54, 1.807) is 5.56 Å². The molecule has 0 saturated carbocycles. The van der Waals surface area contributed by atoms with Crippen LogP contribution in [0, 0.1) is 0 Å². The highest BCUT2D eigenvalue weighted by Gasteiger charge is 2.24. The first-order chi connectivity index (χ1) is 9.92. The summed E-state index contributed by atoms with van der Waals surface area (Å²) in [5.74, 6) is 0. The number of hydrogen-bond donors (Lipinski definition) is 2. The third-order valence-corrected chi connectivity index (χ3v) is 4.89. The first kappa shape index (κ1) is 12.4. The summed E-state index contributed by atoms with van der Waals surface area (Å²) in [6.45, 7) is 4.94. The van der Waals surface area contributed by atoms with Gasteiger partial charge in [0.15, 0.2) is 0 Å². The lowest BCUT2D eigenvalue weighted by atomic mass is 9.97. The number of fused-ring (bicyclic) bond motifs is 3. The molecular formula is C17H23N3. The van der Waals surface area contributed by atoms with Crippen LogP contribution in [0.25, 0.3) is 10.9 Å². The molecule has 0 radical (unpaired) electrons. The molecule has 106 valence electrons. The summed E-state index contributed by atoms with van der Waals surface area (Å²) in [7, 11) is 0. The van der Waals surface area contributed by atoms with E-state index >= 15 is 0 Å². The standard InChI is InChI=1S/C17H23N3/c1-2-6-15-13(5-1)14-7-9-18-16(17(14)19-15)8-12-20-10-3-4-11-20/h1-2,5-6,16,18-19H,3-4,7-12H2. The zero-order valence-corrected chi connectivity index (χ0v) is 12.0. The molecule has 1 atom stereocenters. The molecular weight excluding hydrogens is 246 g/mol. The quantitative estimate of drug-likeness (QED) is 0.897. The molecule has 2 N–H and O–H groups in total. The van der Waals surface area contributed by atoms with Gasteiger partial charge in [-0.05, 0) is 63.5 Å². The molecule has 3 nitrogen and oxygen atoms in total. The fourth-order valence-corrected chi connectivity index (χ4v) is 3.83. The summed E-state index contributed by atoms with van der Waals surface area (Å²) in [4.78, 5) is 6.27. The van der Waals surface area contributed by atoms with E-state index in [-0.39, 0.29) is 0 Å². The van der Waals surface area contributed by atoms with Crippen molar-refractivity contribution >= 4 is 10.9 Å². The van der Waals surface area contributed by atoms with Crippen molar-refractivity contribution in [2.45, 2.75) is 31.7 Å². The van der Waals surface area contributed by atoms with E-state index in [2.05, 4.69) is 39.5 Å². The van der Waals surface area contributed by atoms with E-state index in [0.717, 1.165) is 13.0 Å². The lowest BCUT2D eigenvalue weighted by molar-refractivity contribution is 0.305. The van der Waals surface area contributed by atoms with Crippen molar-refractivity contribution in [1.29, 1.82) is 0 Å². The SMILES string of the molecule is c1ccc2c3c([nH]c2c1)C(CCN1CCCC1)NCC3. The Bertz CT molecular complexity index is 595. The number of aromatic nitrogens is 1. The molecule has 0 amide bonds. The molecule has 1 aromatic heterocycles. The lowest BCUT2D eigenvalue weighted by Gasteiger charge is -2.26. The van der Waals surface area contributed by atoms with Gasteiger partial charge in [0.05, 0.1) is 0 Å². The number of likely N-dealkylation sites (tertiary alicyclic amines) is 1. The zero-order valence-electron chi connectivity index (χ0n) is 12.0. The van der Waals surface area contributed by atoms with Gasteiger partial charge in [-0.2, -0.15) is 0 Å². The third kappa shape index (κ3) is 2.15. The number of nitrogens with zero attached hydrogens (tertiary/aromatic N) is 1. The van der Waals surface area contributed by atoms with E-state index in [4.69, 9.17) is 0 Å². The van der Waals surface area contributed by atoms with Crippen LogP contribution in [0.4, 0.5) is 0 Å². The van der Waals surface area contributed by atoms with Gasteiger partial charge in [0.25, 0.3) is 0 Å². The van der Waals surface area contributed by atoms with Gasteiger partial charge in [-0.25, -0.2) is 0 Å². The number of hydrogen-bond acceptors (Lipinski definition) is 2. The van der Waals surface area contributed by atoms with Crippen LogP contribution in [0.2, 0.25) is 0 Å². The van der Waals surface area contributed by atoms with Crippen molar-refractivity contribution in [2.24, 2.45) is 0 Å². The number of nitrogens with one attached hydrogen (secondary N) is 2. The molecule has 20 heavy (non-hydrogen) atoms. The van der Waals surface area contributed by atoms with Crippen molar-refractivity contribution in [1.82, 2.24) is 15.2 Å². The van der Waals surface area contributed by atoms with Crippen LogP contribution in [0.15, 0.2) is 24.3 Å². The molecule has 0 bridgehead atoms. The topological polar surface area (TPSA) is 31.1 Å². The van der Waals surface area contributed by atoms with Crippen LogP contribution in [0.3, 0.4) is 0 Å². The average Bonchev–Trinajstić information content (AvgIpc) is 3.12. The van der Waals surface area contributed by atoms with Crippen molar-refractivity contribution in [3.63, 3.8) is 0 Å². The molecule has 4 rings (SSSR count). The van der Waals surface area contributed by atoms with Gasteiger partial charge in [0.1, 0.15) is 0 Å². The molecule has 1 unspecified atom stereocenters. The van der Waals surface area contributed by atoms with E-state index in [9.17, 15) is 0 Å². The molecule has 2 aromatic rings. The van der Waals surface area contributed by atoms with E-state index < -0.39 is 0 Å². The fraction of sp³-hybridized carbons (Fsp3) is 0.529. The van der Waals surface area contributed by atoms with Gasteiger partial charge in [0.2, 0.25) is 0 Å². The van der Waals surface area contributed by atoms with Crippen LogP contribution >= 0.6 is 0 Å². The molecule has 1 saturated heterocycles. The first-order valence-electron chi connectivity index (χ1n) is 7.97. The number of rotatable bonds is 3. The minimum atomic E-state index is 0.506. The van der Waals surface area contributed by atoms with Crippen LogP contribution in [-0.2, 0) is 6.42 Å². The Labute approximate surface area is 120 Å². The Morgan fingerprint density at radius 3 is 2.90 bits per heavy atom. The number of H-pyrrole nitrogens is 1. The van der Waals surface area contributed by atoms with Gasteiger partial charge in [-0.15, -0.1) is 0 Å². The maximum Gasteiger partial charge on any atom is 0.0488 e. The molecule has 0 spiro atoms. The Hall–Kier alpha value is -1.32. The highest BCUT2D eigenvalue weighted by molar-refractivity contribution is 5.85. The Morgan fingerprint density at radius 1 is 1.15 bits per heavy atom. The molecule has 3 heterocycles. The summed E-state index contributed by atoms with van der Waals surface area (Å²) in [5, 5.41) is 5.13. The van der Waals surface area contributed by atoms with Gasteiger partial charge < -0.3 is 15.2 Å². The largest absolute Gasteiger partial charge is 0.357 e. The van der Waals surface area contributed by atoms with Crippen molar-refractivity contribution < 1.29 is 0 Å². The summed E-state index contributed by atoms with van der Waals surface area (Å²) in [6.07, 6.45) is 5.14. The maximum absolute atomic E-state index is 3.70. The predicted octanol–water partition coefficient (Wildman–Crippen LogP) is 2.84. The third-order valence-electron chi connectivity index (χ3n) is 4.89. The van der Waals surface area contributed by atoms with Crippen molar-refractivity contribution in [3.8, 4) is 0 Å². The highest BCUT2D eigenvalue weighted by Crippen LogP contribution is 2.31. The minimum Gasteiger partial charge on any atom is -0.357 e. The van der Waals surface area contributed by atoms with Gasteiger partial charge in [0, 0.05) is 22.6 Å². The second-order valence-corrected chi connectivity index (χ2v) is 6.16.